The van der Waals surface area contributed by atoms with Crippen molar-refractivity contribution in [2.45, 2.75) is 28.5 Å². The summed E-state index contributed by atoms with van der Waals surface area (Å²) in [4.78, 5) is 25.4. The van der Waals surface area contributed by atoms with Crippen molar-refractivity contribution < 1.29 is 23.1 Å². The van der Waals surface area contributed by atoms with Crippen molar-refractivity contribution in [1.29, 1.82) is 0 Å². The Morgan fingerprint density at radius 3 is 2.43 bits per heavy atom. The quantitative estimate of drug-likeness (QED) is 0.793. The van der Waals surface area contributed by atoms with Gasteiger partial charge in [0.25, 0.3) is 0 Å². The first-order valence-electron chi connectivity index (χ1n) is 7.44. The van der Waals surface area contributed by atoms with E-state index in [1.807, 2.05) is 0 Å². The topological polar surface area (TPSA) is 104 Å². The van der Waals surface area contributed by atoms with Crippen molar-refractivity contribution in [3.8, 4) is 0 Å². The summed E-state index contributed by atoms with van der Waals surface area (Å²) in [6.45, 7) is 0.638. The van der Waals surface area contributed by atoms with Crippen LogP contribution in [0.1, 0.15) is 12.8 Å². The summed E-state index contributed by atoms with van der Waals surface area (Å²) in [6, 6.07) is 7.08. The van der Waals surface area contributed by atoms with E-state index >= 15 is 0 Å². The number of nitrogens with one attached hydrogen (secondary N) is 1. The molecule has 1 aromatic carbocycles. The van der Waals surface area contributed by atoms with Crippen LogP contribution in [0.25, 0.3) is 0 Å². The highest BCUT2D eigenvalue weighted by Crippen LogP contribution is 2.48. The van der Waals surface area contributed by atoms with Crippen LogP contribution in [0.15, 0.2) is 35.2 Å². The zero-order valence-electron chi connectivity index (χ0n) is 12.4. The van der Waals surface area contributed by atoms with Gasteiger partial charge in [0.05, 0.1) is 4.90 Å². The minimum atomic E-state index is -3.77. The number of hydrogen-bond acceptors (Lipinski definition) is 5. The molecule has 0 spiro atoms. The molecule has 1 heterocycles. The van der Waals surface area contributed by atoms with Crippen LogP contribution in [-0.2, 0) is 19.4 Å². The number of rotatable bonds is 4. The van der Waals surface area contributed by atoms with Crippen LogP contribution >= 0.6 is 0 Å². The van der Waals surface area contributed by atoms with Gasteiger partial charge < -0.3 is 15.3 Å². The summed E-state index contributed by atoms with van der Waals surface area (Å²) in [5, 5.41) is 11.9. The Hall–Kier alpha value is -1.93. The summed E-state index contributed by atoms with van der Waals surface area (Å²) < 4.78 is 24.3. The maximum absolute atomic E-state index is 12.8. The highest BCUT2D eigenvalue weighted by molar-refractivity contribution is 7.94. The molecule has 3 rings (SSSR count). The molecule has 8 heteroatoms. The molecule has 1 atom stereocenters. The third-order valence-electron chi connectivity index (χ3n) is 4.42. The van der Waals surface area contributed by atoms with E-state index in [0.717, 1.165) is 0 Å². The minimum absolute atomic E-state index is 0.0137. The van der Waals surface area contributed by atoms with Crippen LogP contribution in [0.3, 0.4) is 0 Å². The molecular weight excluding hydrogens is 320 g/mol. The number of benzene rings is 1. The third-order valence-corrected chi connectivity index (χ3v) is 6.93. The lowest BCUT2D eigenvalue weighted by Crippen LogP contribution is -2.58. The number of amides is 1. The van der Waals surface area contributed by atoms with Crippen LogP contribution < -0.4 is 5.32 Å². The van der Waals surface area contributed by atoms with Crippen molar-refractivity contribution in [2.24, 2.45) is 0 Å². The second-order valence-corrected chi connectivity index (χ2v) is 8.17. The van der Waals surface area contributed by atoms with Crippen molar-refractivity contribution in [2.75, 3.05) is 19.6 Å². The van der Waals surface area contributed by atoms with Crippen molar-refractivity contribution in [3.63, 3.8) is 0 Å². The number of carbonyl (C=O) groups is 2. The average molecular weight is 338 g/mol. The predicted molar refractivity (Wildman–Crippen MR) is 81.6 cm³/mol. The van der Waals surface area contributed by atoms with Gasteiger partial charge in [-0.3, -0.25) is 9.59 Å². The predicted octanol–water partition coefficient (Wildman–Crippen LogP) is -0.122. The SMILES string of the molecule is O=C(O)[C@H]1CN(C(=O)C2(S(=O)(=O)c3ccccc3)CC2)CCN1. The Kier molecular flexibility index (Phi) is 3.89. The fourth-order valence-electron chi connectivity index (χ4n) is 2.92. The van der Waals surface area contributed by atoms with E-state index in [9.17, 15) is 18.0 Å². The van der Waals surface area contributed by atoms with Crippen LogP contribution in [0.4, 0.5) is 0 Å². The first kappa shape index (κ1) is 15.9. The number of piperazine rings is 1. The van der Waals surface area contributed by atoms with E-state index in [0.29, 0.717) is 13.1 Å². The number of hydrogen-bond donors (Lipinski definition) is 2. The average Bonchev–Trinajstić information content (AvgIpc) is 3.37. The van der Waals surface area contributed by atoms with E-state index in [1.54, 1.807) is 18.2 Å². The standard InChI is InChI=1S/C15H18N2O5S/c18-13(19)12-10-17(9-8-16-12)14(20)15(6-7-15)23(21,22)11-4-2-1-3-5-11/h1-5,12,16H,6-10H2,(H,18,19)/t12-/m1/s1. The summed E-state index contributed by atoms with van der Waals surface area (Å²) >= 11 is 0. The molecule has 1 saturated heterocycles. The molecule has 0 radical (unpaired) electrons. The van der Waals surface area contributed by atoms with Crippen molar-refractivity contribution >= 4 is 21.7 Å². The summed E-state index contributed by atoms with van der Waals surface area (Å²) in [5.41, 5.74) is 0. The summed E-state index contributed by atoms with van der Waals surface area (Å²) in [5.74, 6) is -1.52. The number of nitrogens with zero attached hydrogens (tertiary/aromatic N) is 1. The van der Waals surface area contributed by atoms with E-state index < -0.39 is 32.5 Å². The summed E-state index contributed by atoms with van der Waals surface area (Å²) in [7, 11) is -3.77. The van der Waals surface area contributed by atoms with Crippen LogP contribution in [0, 0.1) is 0 Å². The molecule has 0 bridgehead atoms. The Balaban J connectivity index is 1.86. The Labute approximate surface area is 134 Å². The molecule has 2 aliphatic rings. The Bertz CT molecular complexity index is 727. The van der Waals surface area contributed by atoms with Gasteiger partial charge in [0.2, 0.25) is 5.91 Å². The van der Waals surface area contributed by atoms with E-state index in [-0.39, 0.29) is 24.3 Å². The van der Waals surface area contributed by atoms with Crippen molar-refractivity contribution in [3.05, 3.63) is 30.3 Å². The van der Waals surface area contributed by atoms with Crippen LogP contribution in [0.5, 0.6) is 0 Å². The lowest BCUT2D eigenvalue weighted by Gasteiger charge is -2.34. The van der Waals surface area contributed by atoms with Gasteiger partial charge in [-0.1, -0.05) is 18.2 Å². The molecule has 1 saturated carbocycles. The molecule has 2 N–H and O–H groups in total. The smallest absolute Gasteiger partial charge is 0.322 e. The molecule has 124 valence electrons. The van der Waals surface area contributed by atoms with Crippen LogP contribution in [0.2, 0.25) is 0 Å². The third kappa shape index (κ3) is 2.61. The molecule has 1 aliphatic carbocycles. The van der Waals surface area contributed by atoms with Crippen molar-refractivity contribution in [1.82, 2.24) is 10.2 Å². The number of aliphatic carboxylic acids is 1. The Morgan fingerprint density at radius 2 is 1.87 bits per heavy atom. The molecule has 1 aromatic rings. The fourth-order valence-corrected chi connectivity index (χ4v) is 4.89. The lowest BCUT2D eigenvalue weighted by atomic mass is 10.2. The monoisotopic (exact) mass is 338 g/mol. The first-order chi connectivity index (χ1) is 10.9. The van der Waals surface area contributed by atoms with Gasteiger partial charge in [-0.15, -0.1) is 0 Å². The van der Waals surface area contributed by atoms with E-state index in [1.165, 1.54) is 17.0 Å². The van der Waals surface area contributed by atoms with Gasteiger partial charge in [-0.05, 0) is 25.0 Å². The largest absolute Gasteiger partial charge is 0.480 e. The maximum Gasteiger partial charge on any atom is 0.322 e. The highest BCUT2D eigenvalue weighted by Gasteiger charge is 2.62. The van der Waals surface area contributed by atoms with Gasteiger partial charge in [0.1, 0.15) is 6.04 Å². The van der Waals surface area contributed by atoms with E-state index in [2.05, 4.69) is 5.32 Å². The molecule has 0 unspecified atom stereocenters. The zero-order valence-corrected chi connectivity index (χ0v) is 13.3. The second-order valence-electron chi connectivity index (χ2n) is 5.91. The molecule has 1 aliphatic heterocycles. The first-order valence-corrected chi connectivity index (χ1v) is 8.92. The number of carbonyl (C=O) groups excluding carboxylic acids is 1. The second kappa shape index (κ2) is 5.61. The zero-order chi connectivity index (χ0) is 16.7. The molecule has 23 heavy (non-hydrogen) atoms. The maximum atomic E-state index is 12.8. The molecule has 1 amide bonds. The highest BCUT2D eigenvalue weighted by atomic mass is 32.2. The Morgan fingerprint density at radius 1 is 1.22 bits per heavy atom. The number of sulfone groups is 1. The molecule has 7 nitrogen and oxygen atoms in total. The van der Waals surface area contributed by atoms with E-state index in [4.69, 9.17) is 5.11 Å². The van der Waals surface area contributed by atoms with Gasteiger partial charge in [-0.2, -0.15) is 0 Å². The fraction of sp³-hybridized carbons (Fsp3) is 0.467. The normalized spacial score (nSPS) is 23.3. The molecule has 2 fully saturated rings. The number of carboxylic acids is 1. The van der Waals surface area contributed by atoms with Gasteiger partial charge in [-0.25, -0.2) is 8.42 Å². The minimum Gasteiger partial charge on any atom is -0.480 e. The van der Waals surface area contributed by atoms with Crippen LogP contribution in [-0.4, -0.2) is 60.7 Å². The summed E-state index contributed by atoms with van der Waals surface area (Å²) in [6.07, 6.45) is 0.565. The van der Waals surface area contributed by atoms with Gasteiger partial charge in [0.15, 0.2) is 14.6 Å². The van der Waals surface area contributed by atoms with Gasteiger partial charge >= 0.3 is 5.97 Å². The molecule has 0 aromatic heterocycles. The number of carboxylic acid groups (broad SMARTS) is 1. The van der Waals surface area contributed by atoms with Gasteiger partial charge in [0, 0.05) is 19.6 Å². The lowest BCUT2D eigenvalue weighted by molar-refractivity contribution is -0.142. The molecular formula is C15H18N2O5S.